The first-order chi connectivity index (χ1) is 5.89. The zero-order valence-corrected chi connectivity index (χ0v) is 8.17. The van der Waals surface area contributed by atoms with Crippen LogP contribution in [0.1, 0.15) is 6.92 Å². The summed E-state index contributed by atoms with van der Waals surface area (Å²) in [5.74, 6) is -2.43. The molecular formula is C7H13NO4S. The van der Waals surface area contributed by atoms with Crippen LogP contribution < -0.4 is 4.72 Å². The van der Waals surface area contributed by atoms with Crippen molar-refractivity contribution in [1.82, 2.24) is 4.72 Å². The van der Waals surface area contributed by atoms with Crippen LogP contribution in [0.5, 0.6) is 0 Å². The van der Waals surface area contributed by atoms with Gasteiger partial charge in [-0.1, -0.05) is 13.0 Å². The predicted octanol–water partition coefficient (Wildman–Crippen LogP) is -0.188. The van der Waals surface area contributed by atoms with Gasteiger partial charge in [-0.05, 0) is 0 Å². The van der Waals surface area contributed by atoms with E-state index in [-0.39, 0.29) is 6.54 Å². The maximum absolute atomic E-state index is 11.1. The number of nitrogens with one attached hydrogen (secondary N) is 1. The van der Waals surface area contributed by atoms with Crippen molar-refractivity contribution >= 4 is 16.0 Å². The van der Waals surface area contributed by atoms with Crippen molar-refractivity contribution < 1.29 is 18.3 Å². The van der Waals surface area contributed by atoms with E-state index in [1.54, 1.807) is 0 Å². The summed E-state index contributed by atoms with van der Waals surface area (Å²) in [5.41, 5.74) is 0. The topological polar surface area (TPSA) is 83.5 Å². The van der Waals surface area contributed by atoms with E-state index >= 15 is 0 Å². The Bertz CT molecular complexity index is 283. The van der Waals surface area contributed by atoms with Gasteiger partial charge in [-0.15, -0.1) is 6.58 Å². The lowest BCUT2D eigenvalue weighted by Gasteiger charge is -2.07. The molecule has 1 atom stereocenters. The van der Waals surface area contributed by atoms with Crippen LogP contribution in [-0.4, -0.2) is 31.8 Å². The summed E-state index contributed by atoms with van der Waals surface area (Å²) in [6, 6.07) is 0. The van der Waals surface area contributed by atoms with Gasteiger partial charge in [-0.2, -0.15) is 0 Å². The second-order valence-electron chi connectivity index (χ2n) is 2.66. The fraction of sp³-hybridized carbons (Fsp3) is 0.571. The first-order valence-electron chi connectivity index (χ1n) is 3.70. The summed E-state index contributed by atoms with van der Waals surface area (Å²) in [4.78, 5) is 10.3. The molecule has 0 bridgehead atoms. The Balaban J connectivity index is 4.17. The molecule has 0 aromatic carbocycles. The number of sulfonamides is 1. The highest BCUT2D eigenvalue weighted by Gasteiger charge is 2.19. The van der Waals surface area contributed by atoms with Crippen LogP contribution in [0.15, 0.2) is 12.7 Å². The third-order valence-electron chi connectivity index (χ3n) is 1.34. The second kappa shape index (κ2) is 4.98. The summed E-state index contributed by atoms with van der Waals surface area (Å²) in [6.45, 7) is 4.80. The van der Waals surface area contributed by atoms with Gasteiger partial charge in [0.05, 0.1) is 11.7 Å². The average Bonchev–Trinajstić information content (AvgIpc) is 2.00. The highest BCUT2D eigenvalue weighted by molar-refractivity contribution is 7.89. The van der Waals surface area contributed by atoms with Gasteiger partial charge < -0.3 is 5.11 Å². The monoisotopic (exact) mass is 207 g/mol. The minimum atomic E-state index is -3.49. The molecule has 13 heavy (non-hydrogen) atoms. The molecule has 0 aliphatic carbocycles. The SMILES string of the molecule is C=CCNS(=O)(=O)CC(C)C(=O)O. The molecule has 0 radical (unpaired) electrons. The molecule has 5 nitrogen and oxygen atoms in total. The Hall–Kier alpha value is -0.880. The van der Waals surface area contributed by atoms with Gasteiger partial charge in [0.15, 0.2) is 0 Å². The van der Waals surface area contributed by atoms with Gasteiger partial charge in [-0.3, -0.25) is 4.79 Å². The Kier molecular flexibility index (Phi) is 4.64. The van der Waals surface area contributed by atoms with Crippen LogP contribution in [0.4, 0.5) is 0 Å². The van der Waals surface area contributed by atoms with Crippen LogP contribution in [0.25, 0.3) is 0 Å². The maximum Gasteiger partial charge on any atom is 0.307 e. The Labute approximate surface area is 77.5 Å². The highest BCUT2D eigenvalue weighted by Crippen LogP contribution is 1.99. The quantitative estimate of drug-likeness (QED) is 0.591. The number of carbonyl (C=O) groups is 1. The first-order valence-corrected chi connectivity index (χ1v) is 5.35. The third-order valence-corrected chi connectivity index (χ3v) is 2.88. The minimum Gasteiger partial charge on any atom is -0.481 e. The molecule has 0 rings (SSSR count). The predicted molar refractivity (Wildman–Crippen MR) is 48.8 cm³/mol. The summed E-state index contributed by atoms with van der Waals surface area (Å²) >= 11 is 0. The normalized spacial score (nSPS) is 13.6. The number of hydrogen-bond donors (Lipinski definition) is 2. The summed E-state index contributed by atoms with van der Waals surface area (Å²) < 4.78 is 24.3. The molecular weight excluding hydrogens is 194 g/mol. The van der Waals surface area contributed by atoms with Gasteiger partial charge in [-0.25, -0.2) is 13.1 Å². The molecule has 0 fully saturated rings. The van der Waals surface area contributed by atoms with E-state index in [1.165, 1.54) is 13.0 Å². The lowest BCUT2D eigenvalue weighted by molar-refractivity contribution is -0.140. The van der Waals surface area contributed by atoms with Crippen molar-refractivity contribution in [2.45, 2.75) is 6.92 Å². The molecule has 0 aliphatic rings. The second-order valence-corrected chi connectivity index (χ2v) is 4.51. The number of aliphatic carboxylic acids is 1. The van der Waals surface area contributed by atoms with E-state index in [0.29, 0.717) is 0 Å². The molecule has 0 aromatic heterocycles. The Morgan fingerprint density at radius 3 is 2.62 bits per heavy atom. The summed E-state index contributed by atoms with van der Waals surface area (Å²) in [6.07, 6.45) is 1.39. The Morgan fingerprint density at radius 1 is 1.69 bits per heavy atom. The molecule has 1 unspecified atom stereocenters. The maximum atomic E-state index is 11.1. The standard InChI is InChI=1S/C7H13NO4S/c1-3-4-8-13(11,12)5-6(2)7(9)10/h3,6,8H,1,4-5H2,2H3,(H,9,10). The third kappa shape index (κ3) is 5.37. The van der Waals surface area contributed by atoms with Crippen molar-refractivity contribution in [3.63, 3.8) is 0 Å². The van der Waals surface area contributed by atoms with E-state index in [2.05, 4.69) is 11.3 Å². The van der Waals surface area contributed by atoms with Crippen LogP contribution in [0.2, 0.25) is 0 Å². The molecule has 0 saturated carbocycles. The van der Waals surface area contributed by atoms with Crippen molar-refractivity contribution in [2.24, 2.45) is 5.92 Å². The number of carboxylic acid groups (broad SMARTS) is 1. The molecule has 2 N–H and O–H groups in total. The number of rotatable bonds is 6. The zero-order chi connectivity index (χ0) is 10.5. The van der Waals surface area contributed by atoms with Crippen molar-refractivity contribution in [3.05, 3.63) is 12.7 Å². The molecule has 6 heteroatoms. The van der Waals surface area contributed by atoms with Crippen LogP contribution in [-0.2, 0) is 14.8 Å². The molecule has 76 valence electrons. The molecule has 0 aliphatic heterocycles. The minimum absolute atomic E-state index is 0.120. The highest BCUT2D eigenvalue weighted by atomic mass is 32.2. The van der Waals surface area contributed by atoms with Gasteiger partial charge in [0.1, 0.15) is 0 Å². The van der Waals surface area contributed by atoms with E-state index in [0.717, 1.165) is 0 Å². The molecule has 0 saturated heterocycles. The fourth-order valence-corrected chi connectivity index (χ4v) is 1.94. The molecule has 0 aromatic rings. The molecule has 0 heterocycles. The van der Waals surface area contributed by atoms with Gasteiger partial charge >= 0.3 is 5.97 Å². The van der Waals surface area contributed by atoms with Crippen molar-refractivity contribution in [3.8, 4) is 0 Å². The summed E-state index contributed by atoms with van der Waals surface area (Å²) in [7, 11) is -3.49. The zero-order valence-electron chi connectivity index (χ0n) is 7.36. The first kappa shape index (κ1) is 12.1. The summed E-state index contributed by atoms with van der Waals surface area (Å²) in [5, 5.41) is 8.46. The smallest absolute Gasteiger partial charge is 0.307 e. The van der Waals surface area contributed by atoms with E-state index in [4.69, 9.17) is 5.11 Å². The van der Waals surface area contributed by atoms with Crippen molar-refractivity contribution in [2.75, 3.05) is 12.3 Å². The lowest BCUT2D eigenvalue weighted by atomic mass is 10.2. The largest absolute Gasteiger partial charge is 0.481 e. The average molecular weight is 207 g/mol. The van der Waals surface area contributed by atoms with Crippen molar-refractivity contribution in [1.29, 1.82) is 0 Å². The van der Waals surface area contributed by atoms with E-state index in [1.807, 2.05) is 0 Å². The molecule has 0 spiro atoms. The van der Waals surface area contributed by atoms with Gasteiger partial charge in [0.2, 0.25) is 10.0 Å². The Morgan fingerprint density at radius 2 is 2.23 bits per heavy atom. The number of hydrogen-bond acceptors (Lipinski definition) is 3. The fourth-order valence-electron chi connectivity index (χ4n) is 0.645. The van der Waals surface area contributed by atoms with Gasteiger partial charge in [0, 0.05) is 6.54 Å². The van der Waals surface area contributed by atoms with E-state index in [9.17, 15) is 13.2 Å². The van der Waals surface area contributed by atoms with Crippen LogP contribution >= 0.6 is 0 Å². The van der Waals surface area contributed by atoms with Gasteiger partial charge in [0.25, 0.3) is 0 Å². The number of carboxylic acids is 1. The van der Waals surface area contributed by atoms with Crippen LogP contribution in [0.3, 0.4) is 0 Å². The van der Waals surface area contributed by atoms with E-state index < -0.39 is 27.7 Å². The lowest BCUT2D eigenvalue weighted by Crippen LogP contribution is -2.31. The van der Waals surface area contributed by atoms with Crippen LogP contribution in [0, 0.1) is 5.92 Å². The molecule has 0 amide bonds.